The van der Waals surface area contributed by atoms with Crippen molar-refractivity contribution in [3.05, 3.63) is 54.6 Å². The molecule has 1 N–H and O–H groups in total. The van der Waals surface area contributed by atoms with E-state index < -0.39 is 35.0 Å². The van der Waals surface area contributed by atoms with Gasteiger partial charge >= 0.3 is 5.97 Å². The summed E-state index contributed by atoms with van der Waals surface area (Å²) in [7, 11) is 0. The molecular formula is C31H41ClN2O6. The van der Waals surface area contributed by atoms with Gasteiger partial charge in [0.05, 0.1) is 18.1 Å². The zero-order valence-corrected chi connectivity index (χ0v) is 24.3. The fourth-order valence-electron chi connectivity index (χ4n) is 6.88. The molecule has 1 aromatic carbocycles. The highest BCUT2D eigenvalue weighted by Gasteiger charge is 2.80. The smallest absolute Gasteiger partial charge is 0.312 e. The predicted octanol–water partition coefficient (Wildman–Crippen LogP) is 4.54. The van der Waals surface area contributed by atoms with E-state index in [4.69, 9.17) is 21.1 Å². The van der Waals surface area contributed by atoms with Crippen LogP contribution in [-0.4, -0.2) is 71.3 Å². The van der Waals surface area contributed by atoms with Crippen molar-refractivity contribution in [1.29, 1.82) is 0 Å². The van der Waals surface area contributed by atoms with Gasteiger partial charge in [0.2, 0.25) is 5.91 Å². The number of hydrogen-bond acceptors (Lipinski definition) is 6. The van der Waals surface area contributed by atoms with Crippen molar-refractivity contribution < 1.29 is 29.0 Å². The van der Waals surface area contributed by atoms with Crippen molar-refractivity contribution in [2.75, 3.05) is 31.2 Å². The number of ether oxygens (including phenoxy) is 2. The monoisotopic (exact) mass is 572 g/mol. The van der Waals surface area contributed by atoms with Gasteiger partial charge in [-0.2, -0.15) is 0 Å². The summed E-state index contributed by atoms with van der Waals surface area (Å²) < 4.78 is 12.5. The number of aliphatic hydroxyl groups excluding tert-OH is 1. The van der Waals surface area contributed by atoms with Gasteiger partial charge in [-0.05, 0) is 75.6 Å². The summed E-state index contributed by atoms with van der Waals surface area (Å²) in [5.41, 5.74) is -1.48. The Morgan fingerprint density at radius 3 is 2.58 bits per heavy atom. The molecule has 9 heteroatoms. The molecule has 3 heterocycles. The fraction of sp³-hybridized carbons (Fsp3) is 0.581. The van der Waals surface area contributed by atoms with E-state index in [1.807, 2.05) is 19.9 Å². The normalized spacial score (nSPS) is 30.3. The molecule has 3 aliphatic heterocycles. The number of unbranched alkanes of at least 4 members (excludes halogenated alkanes) is 3. The van der Waals surface area contributed by atoms with Gasteiger partial charge < -0.3 is 24.4 Å². The summed E-state index contributed by atoms with van der Waals surface area (Å²) in [5, 5.41) is 9.95. The second-order valence-electron chi connectivity index (χ2n) is 11.3. The van der Waals surface area contributed by atoms with Crippen molar-refractivity contribution in [3.8, 4) is 0 Å². The Hall–Kier alpha value is -2.68. The number of rotatable bonds is 14. The van der Waals surface area contributed by atoms with Crippen LogP contribution in [0.2, 0.25) is 5.02 Å². The number of carbonyl (C=O) groups excluding carboxylic acids is 3. The van der Waals surface area contributed by atoms with Crippen LogP contribution in [0.4, 0.5) is 5.69 Å². The van der Waals surface area contributed by atoms with Crippen LogP contribution in [0.3, 0.4) is 0 Å². The first-order valence-electron chi connectivity index (χ1n) is 14.2. The van der Waals surface area contributed by atoms with Crippen LogP contribution < -0.4 is 4.90 Å². The summed E-state index contributed by atoms with van der Waals surface area (Å²) in [6.45, 7) is 12.2. The van der Waals surface area contributed by atoms with Crippen molar-refractivity contribution in [2.45, 2.75) is 69.6 Å². The predicted molar refractivity (Wildman–Crippen MR) is 154 cm³/mol. The third-order valence-electron chi connectivity index (χ3n) is 8.87. The van der Waals surface area contributed by atoms with Gasteiger partial charge in [-0.1, -0.05) is 30.7 Å². The van der Waals surface area contributed by atoms with Crippen LogP contribution in [0.25, 0.3) is 0 Å². The fourth-order valence-corrected chi connectivity index (χ4v) is 7.01. The van der Waals surface area contributed by atoms with Crippen LogP contribution in [0, 0.1) is 17.8 Å². The highest BCUT2D eigenvalue weighted by atomic mass is 35.5. The number of anilines is 1. The highest BCUT2D eigenvalue weighted by molar-refractivity contribution is 6.30. The average molecular weight is 573 g/mol. The van der Waals surface area contributed by atoms with Crippen LogP contribution in [0.15, 0.2) is 49.6 Å². The number of carbonyl (C=O) groups is 3. The molecule has 0 saturated carbocycles. The van der Waals surface area contributed by atoms with Gasteiger partial charge in [0.1, 0.15) is 17.6 Å². The maximum Gasteiger partial charge on any atom is 0.312 e. The summed E-state index contributed by atoms with van der Waals surface area (Å²) in [5.74, 6) is -2.73. The molecule has 218 valence electrons. The lowest BCUT2D eigenvalue weighted by atomic mass is 9.62. The van der Waals surface area contributed by atoms with Crippen molar-refractivity contribution in [2.24, 2.45) is 17.8 Å². The molecule has 3 fully saturated rings. The van der Waals surface area contributed by atoms with Crippen LogP contribution >= 0.6 is 11.6 Å². The first-order chi connectivity index (χ1) is 19.2. The average Bonchev–Trinajstić information content (AvgIpc) is 3.44. The molecule has 3 unspecified atom stereocenters. The molecule has 4 rings (SSSR count). The second kappa shape index (κ2) is 12.5. The van der Waals surface area contributed by atoms with E-state index >= 15 is 0 Å². The first kappa shape index (κ1) is 30.3. The minimum absolute atomic E-state index is 0.0189. The quantitative estimate of drug-likeness (QED) is 0.200. The molecule has 40 heavy (non-hydrogen) atoms. The number of allylic oxidation sites excluding steroid dienone is 1. The molecule has 3 aliphatic rings. The molecule has 8 nitrogen and oxygen atoms in total. The zero-order valence-electron chi connectivity index (χ0n) is 23.5. The van der Waals surface area contributed by atoms with E-state index in [-0.39, 0.29) is 44.0 Å². The van der Waals surface area contributed by atoms with Gasteiger partial charge in [-0.25, -0.2) is 0 Å². The molecule has 0 radical (unpaired) electrons. The minimum Gasteiger partial charge on any atom is -0.465 e. The van der Waals surface area contributed by atoms with Gasteiger partial charge in [0, 0.05) is 30.4 Å². The van der Waals surface area contributed by atoms with E-state index in [0.29, 0.717) is 36.4 Å². The number of amides is 2. The number of fused-ring (bicyclic) bond motifs is 1. The van der Waals surface area contributed by atoms with Gasteiger partial charge in [0.25, 0.3) is 5.91 Å². The minimum atomic E-state index is -1.17. The van der Waals surface area contributed by atoms with Crippen molar-refractivity contribution in [1.82, 2.24) is 4.90 Å². The molecular weight excluding hydrogens is 532 g/mol. The molecule has 0 aliphatic carbocycles. The van der Waals surface area contributed by atoms with Gasteiger partial charge in [-0.15, -0.1) is 13.2 Å². The number of hydrogen-bond donors (Lipinski definition) is 1. The topological polar surface area (TPSA) is 96.4 Å². The second-order valence-corrected chi connectivity index (χ2v) is 11.8. The van der Waals surface area contributed by atoms with E-state index in [0.717, 1.165) is 12.8 Å². The maximum atomic E-state index is 14.5. The maximum absolute atomic E-state index is 14.5. The Bertz CT molecular complexity index is 1130. The lowest BCUT2D eigenvalue weighted by molar-refractivity contribution is -0.161. The third kappa shape index (κ3) is 5.21. The molecule has 1 aromatic rings. The molecule has 2 amide bonds. The third-order valence-corrected chi connectivity index (χ3v) is 9.12. The number of aliphatic hydroxyl groups is 1. The lowest BCUT2D eigenvalue weighted by Crippen LogP contribution is -2.57. The lowest BCUT2D eigenvalue weighted by Gasteiger charge is -2.37. The van der Waals surface area contributed by atoms with Crippen molar-refractivity contribution in [3.63, 3.8) is 0 Å². The van der Waals surface area contributed by atoms with Crippen molar-refractivity contribution >= 4 is 35.1 Å². The number of esters is 1. The van der Waals surface area contributed by atoms with E-state index in [9.17, 15) is 19.5 Å². The molecule has 1 spiro atoms. The van der Waals surface area contributed by atoms with E-state index in [1.54, 1.807) is 40.1 Å². The highest BCUT2D eigenvalue weighted by Crippen LogP contribution is 2.65. The Kier molecular flexibility index (Phi) is 9.43. The number of nitrogens with zero attached hydrogens (tertiary/aromatic N) is 2. The standard InChI is InChI=1S/C31H41ClN2O6/c1-5-7-8-11-19-39-29(38)25-24-27(36)34(17-9-10-18-35)26(31(24)20-21(3)30(25,4)40-31)28(37)33(16-6-2)23-14-12-22(32)13-15-23/h5-6,12-15,21,24-26,35H,1-2,7-11,16-20H2,3-4H3/t21?,24-,25-,26?,30+,31?/m0/s1. The Balaban J connectivity index is 1.71. The summed E-state index contributed by atoms with van der Waals surface area (Å²) in [6, 6.07) is 6.00. The van der Waals surface area contributed by atoms with Gasteiger partial charge in [0.15, 0.2) is 0 Å². The molecule has 0 aromatic heterocycles. The number of likely N-dealkylation sites (tertiary alicyclic amines) is 1. The number of benzene rings is 1. The molecule has 6 atom stereocenters. The molecule has 2 bridgehead atoms. The van der Waals surface area contributed by atoms with Gasteiger partial charge in [-0.3, -0.25) is 14.4 Å². The van der Waals surface area contributed by atoms with Crippen LogP contribution in [0.5, 0.6) is 0 Å². The summed E-state index contributed by atoms with van der Waals surface area (Å²) in [4.78, 5) is 45.4. The Labute approximate surface area is 241 Å². The Morgan fingerprint density at radius 2 is 1.93 bits per heavy atom. The largest absolute Gasteiger partial charge is 0.465 e. The summed E-state index contributed by atoms with van der Waals surface area (Å²) >= 11 is 6.11. The van der Waals surface area contributed by atoms with Crippen LogP contribution in [-0.2, 0) is 23.9 Å². The number of halogens is 1. The SMILES string of the molecule is C=CCCCCOC(=O)[C@@H]1[C@H]2C(=O)N(CCCCO)C(C(=O)N(CC=C)c3ccc(Cl)cc3)C23CC(C)[C@@]1(C)O3. The zero-order chi connectivity index (χ0) is 29.1. The summed E-state index contributed by atoms with van der Waals surface area (Å²) in [6.07, 6.45) is 7.34. The first-order valence-corrected chi connectivity index (χ1v) is 14.6. The Morgan fingerprint density at radius 1 is 1.20 bits per heavy atom. The van der Waals surface area contributed by atoms with E-state index in [1.165, 1.54) is 0 Å². The molecule has 3 saturated heterocycles. The van der Waals surface area contributed by atoms with Crippen LogP contribution in [0.1, 0.15) is 52.4 Å². The van der Waals surface area contributed by atoms with E-state index in [2.05, 4.69) is 13.2 Å².